The van der Waals surface area contributed by atoms with E-state index in [2.05, 4.69) is 31.8 Å². The van der Waals surface area contributed by atoms with Gasteiger partial charge in [0.25, 0.3) is 0 Å². The van der Waals surface area contributed by atoms with Crippen LogP contribution in [0.1, 0.15) is 19.8 Å². The third-order valence-electron chi connectivity index (χ3n) is 0.718. The number of hydrogen-bond donors (Lipinski definition) is 0. The summed E-state index contributed by atoms with van der Waals surface area (Å²) >= 11 is 9.00. The van der Waals surface area contributed by atoms with Crippen molar-refractivity contribution in [1.82, 2.24) is 0 Å². The van der Waals surface area contributed by atoms with Gasteiger partial charge in [0.05, 0.1) is 6.61 Å². The summed E-state index contributed by atoms with van der Waals surface area (Å²) in [4.78, 5) is 0. The van der Waals surface area contributed by atoms with Crippen LogP contribution in [-0.4, -0.2) is 11.0 Å². The van der Waals surface area contributed by atoms with E-state index in [4.69, 9.17) is 4.74 Å². The summed E-state index contributed by atoms with van der Waals surface area (Å²) in [7, 11) is 0. The number of hydrogen-bond acceptors (Lipinski definition) is 3. The van der Waals surface area contributed by atoms with E-state index in [1.54, 1.807) is 0 Å². The minimum atomic E-state index is 0. The van der Waals surface area contributed by atoms with E-state index in [9.17, 15) is 0 Å². The fraction of sp³-hybridized carbons (Fsp3) is 0.800. The molecule has 0 radical (unpaired) electrons. The Kier molecular flexibility index (Phi) is 12.0. The van der Waals surface area contributed by atoms with Gasteiger partial charge in [-0.2, -0.15) is 0 Å². The van der Waals surface area contributed by atoms with Gasteiger partial charge in [-0.25, -0.2) is 0 Å². The molecule has 0 spiro atoms. The van der Waals surface area contributed by atoms with Crippen molar-refractivity contribution in [2.45, 2.75) is 19.8 Å². The number of ether oxygens (including phenoxy) is 1. The average Bonchev–Trinajstić information content (AvgIpc) is 1.66. The maximum atomic E-state index is 4.83. The second-order valence-corrected chi connectivity index (χ2v) is 2.45. The number of unbranched alkanes of at least 4 members (excludes halogenated alkanes) is 1. The van der Waals surface area contributed by atoms with Crippen LogP contribution in [0.5, 0.6) is 0 Å². The van der Waals surface area contributed by atoms with Crippen LogP contribution in [0.3, 0.4) is 0 Å². The summed E-state index contributed by atoms with van der Waals surface area (Å²) in [6.45, 7) is 2.77. The molecule has 0 fully saturated rings. The molecule has 1 nitrogen and oxygen atoms in total. The van der Waals surface area contributed by atoms with Crippen molar-refractivity contribution in [1.29, 1.82) is 0 Å². The van der Waals surface area contributed by atoms with E-state index in [1.165, 1.54) is 0 Å². The zero-order valence-corrected chi connectivity index (χ0v) is 10.2. The average molecular weight is 215 g/mol. The topological polar surface area (TPSA) is 9.23 Å². The Morgan fingerprint density at radius 2 is 2.22 bits per heavy atom. The zero-order chi connectivity index (χ0) is 6.41. The maximum absolute atomic E-state index is 4.83. The van der Waals surface area contributed by atoms with Gasteiger partial charge in [0.1, 0.15) is 0 Å². The van der Waals surface area contributed by atoms with Gasteiger partial charge in [-0.3, -0.25) is 0 Å². The van der Waals surface area contributed by atoms with E-state index in [0.717, 1.165) is 12.8 Å². The first kappa shape index (κ1) is 12.4. The Morgan fingerprint density at radius 3 is 2.56 bits per heavy atom. The first-order chi connectivity index (χ1) is 3.77. The molecule has 0 amide bonds. The Labute approximate surface area is 79.7 Å². The zero-order valence-electron chi connectivity index (χ0n) is 5.55. The van der Waals surface area contributed by atoms with E-state index >= 15 is 0 Å². The standard InChI is InChI=1S/C5H10OS2.Zn/c1-2-3-4-6-5(7)8;/h2-4H2,1H3,(H,7,8);/p-1. The molecule has 0 atom stereocenters. The van der Waals surface area contributed by atoms with Crippen molar-refractivity contribution in [3.63, 3.8) is 0 Å². The van der Waals surface area contributed by atoms with Crippen molar-refractivity contribution in [3.05, 3.63) is 0 Å². The summed E-state index contributed by atoms with van der Waals surface area (Å²) in [6.07, 6.45) is 2.16. The second kappa shape index (κ2) is 8.73. The monoisotopic (exact) mass is 213 g/mol. The Balaban J connectivity index is 0. The summed E-state index contributed by atoms with van der Waals surface area (Å²) in [5.41, 5.74) is 0. The van der Waals surface area contributed by atoms with Crippen molar-refractivity contribution in [2.75, 3.05) is 6.61 Å². The quantitative estimate of drug-likeness (QED) is 0.306. The van der Waals surface area contributed by atoms with Crippen LogP contribution < -0.4 is 0 Å². The summed E-state index contributed by atoms with van der Waals surface area (Å²) < 4.78 is 5.06. The fourth-order valence-electron chi connectivity index (χ4n) is 0.300. The molecule has 0 N–H and O–H groups in total. The van der Waals surface area contributed by atoms with Crippen LogP contribution in [0.25, 0.3) is 0 Å². The third-order valence-corrected chi connectivity index (χ3v) is 0.954. The molecule has 0 bridgehead atoms. The molecular formula is C5H9OS2Zn-. The normalized spacial score (nSPS) is 7.67. The molecule has 4 heteroatoms. The minimum absolute atomic E-state index is 0. The van der Waals surface area contributed by atoms with Crippen LogP contribution in [0, 0.1) is 0 Å². The molecule has 0 saturated carbocycles. The molecule has 0 saturated heterocycles. The van der Waals surface area contributed by atoms with Crippen LogP contribution in [0.15, 0.2) is 0 Å². The fourth-order valence-corrected chi connectivity index (χ4v) is 0.467. The Morgan fingerprint density at radius 1 is 1.67 bits per heavy atom. The molecule has 0 aromatic rings. The Hall–Kier alpha value is 0.733. The van der Waals surface area contributed by atoms with Crippen LogP contribution in [-0.2, 0) is 36.8 Å². The second-order valence-electron chi connectivity index (χ2n) is 1.45. The molecule has 0 heterocycles. The molecule has 50 valence electrons. The summed E-state index contributed by atoms with van der Waals surface area (Å²) in [5.74, 6) is 0. The van der Waals surface area contributed by atoms with Crippen LogP contribution in [0.2, 0.25) is 0 Å². The molecule has 0 aliphatic heterocycles. The minimum Gasteiger partial charge on any atom is -0.514 e. The maximum Gasteiger partial charge on any atom is 0.0858 e. The summed E-state index contributed by atoms with van der Waals surface area (Å²) in [6, 6.07) is 0. The smallest absolute Gasteiger partial charge is 0.0858 e. The molecule has 0 rings (SSSR count). The summed E-state index contributed by atoms with van der Waals surface area (Å²) in [5, 5.41) is 0. The van der Waals surface area contributed by atoms with E-state index < -0.39 is 0 Å². The Bertz CT molecular complexity index is 77.4. The van der Waals surface area contributed by atoms with E-state index in [1.807, 2.05) is 0 Å². The van der Waals surface area contributed by atoms with Crippen molar-refractivity contribution >= 4 is 29.2 Å². The molecule has 0 unspecified atom stereocenters. The molecule has 0 aromatic carbocycles. The number of rotatable bonds is 3. The largest absolute Gasteiger partial charge is 0.514 e. The molecule has 0 aliphatic rings. The number of thiocarbonyl (C=S) groups is 1. The molecule has 0 aliphatic carbocycles. The molecule has 9 heavy (non-hydrogen) atoms. The van der Waals surface area contributed by atoms with Gasteiger partial charge in [-0.1, -0.05) is 13.3 Å². The predicted molar refractivity (Wildman–Crippen MR) is 40.8 cm³/mol. The van der Waals surface area contributed by atoms with Crippen molar-refractivity contribution in [3.8, 4) is 0 Å². The van der Waals surface area contributed by atoms with E-state index in [0.29, 0.717) is 6.61 Å². The van der Waals surface area contributed by atoms with Crippen molar-refractivity contribution in [2.24, 2.45) is 0 Å². The van der Waals surface area contributed by atoms with Crippen LogP contribution in [0.4, 0.5) is 0 Å². The van der Waals surface area contributed by atoms with Gasteiger partial charge in [-0.05, 0) is 6.42 Å². The third kappa shape index (κ3) is 12.0. The van der Waals surface area contributed by atoms with Crippen molar-refractivity contribution < 1.29 is 24.2 Å². The van der Waals surface area contributed by atoms with Gasteiger partial charge in [0.2, 0.25) is 0 Å². The SMILES string of the molecule is CCCCOC(=S)[S-].[Zn]. The first-order valence-electron chi connectivity index (χ1n) is 2.61. The van der Waals surface area contributed by atoms with Crippen LogP contribution >= 0.6 is 12.2 Å². The first-order valence-corrected chi connectivity index (χ1v) is 3.42. The van der Waals surface area contributed by atoms with Gasteiger partial charge in [0.15, 0.2) is 0 Å². The van der Waals surface area contributed by atoms with Gasteiger partial charge in [-0.15, -0.1) is 0 Å². The van der Waals surface area contributed by atoms with Gasteiger partial charge >= 0.3 is 0 Å². The van der Waals surface area contributed by atoms with Gasteiger partial charge < -0.3 is 29.6 Å². The molecular weight excluding hydrogens is 206 g/mol. The predicted octanol–water partition coefficient (Wildman–Crippen LogP) is 1.63. The van der Waals surface area contributed by atoms with Gasteiger partial charge in [0, 0.05) is 23.9 Å². The van der Waals surface area contributed by atoms with E-state index in [-0.39, 0.29) is 23.9 Å². The molecule has 0 aromatic heterocycles.